The van der Waals surface area contributed by atoms with Gasteiger partial charge in [-0.1, -0.05) is 32.9 Å². The topological polar surface area (TPSA) is 84.4 Å². The number of guanidine groups is 1. The van der Waals surface area contributed by atoms with Crippen molar-refractivity contribution in [3.05, 3.63) is 29.2 Å². The number of nitrogens with one attached hydrogen (secondary N) is 1. The quantitative estimate of drug-likeness (QED) is 0.403. The molecule has 8 nitrogen and oxygen atoms in total. The van der Waals surface area contributed by atoms with Crippen molar-refractivity contribution in [1.82, 2.24) is 30.1 Å². The third-order valence-electron chi connectivity index (χ3n) is 4.40. The monoisotopic (exact) mass is 389 g/mol. The third-order valence-corrected chi connectivity index (χ3v) is 4.40. The highest BCUT2D eigenvalue weighted by atomic mass is 16.5. The second-order valence-corrected chi connectivity index (χ2v) is 7.76. The van der Waals surface area contributed by atoms with Crippen LogP contribution in [0.25, 0.3) is 0 Å². The molecule has 0 fully saturated rings. The van der Waals surface area contributed by atoms with Crippen LogP contribution in [0.1, 0.15) is 75.8 Å². The lowest BCUT2D eigenvalue weighted by molar-refractivity contribution is 0.369. The molecule has 28 heavy (non-hydrogen) atoms. The van der Waals surface area contributed by atoms with E-state index in [4.69, 9.17) is 9.52 Å². The number of aryl methyl sites for hydroxylation is 2. The molecule has 0 amide bonds. The maximum Gasteiger partial charge on any atom is 0.226 e. The number of nitrogens with zero attached hydrogens (tertiary/aromatic N) is 6. The van der Waals surface area contributed by atoms with Gasteiger partial charge >= 0.3 is 0 Å². The standard InChI is InChI=1S/C20H35N7O/c1-8-21-20(22-11-9-10-17-23-19(15(4)5)25-28-17)26(6)12-16-13-27(7)24-18(16)14(2)3/h13-15H,8-12H2,1-7H3,(H,21,22). The van der Waals surface area contributed by atoms with Crippen molar-refractivity contribution in [2.24, 2.45) is 12.0 Å². The Hall–Kier alpha value is -2.38. The fourth-order valence-electron chi connectivity index (χ4n) is 2.98. The number of aromatic nitrogens is 4. The van der Waals surface area contributed by atoms with E-state index in [0.717, 1.165) is 43.4 Å². The lowest BCUT2D eigenvalue weighted by Gasteiger charge is -2.22. The van der Waals surface area contributed by atoms with E-state index in [1.54, 1.807) is 0 Å². The molecular weight excluding hydrogens is 354 g/mol. The van der Waals surface area contributed by atoms with Crippen LogP contribution in [0.3, 0.4) is 0 Å². The molecule has 0 unspecified atom stereocenters. The summed E-state index contributed by atoms with van der Waals surface area (Å²) in [4.78, 5) is 11.3. The fraction of sp³-hybridized carbons (Fsp3) is 0.700. The molecule has 156 valence electrons. The van der Waals surface area contributed by atoms with Crippen molar-refractivity contribution in [2.75, 3.05) is 20.1 Å². The molecule has 0 aliphatic carbocycles. The van der Waals surface area contributed by atoms with Crippen molar-refractivity contribution < 1.29 is 4.52 Å². The van der Waals surface area contributed by atoms with Crippen LogP contribution in [-0.2, 0) is 20.0 Å². The Bertz CT molecular complexity index is 760. The zero-order valence-electron chi connectivity index (χ0n) is 18.4. The first-order valence-electron chi connectivity index (χ1n) is 10.2. The minimum atomic E-state index is 0.285. The summed E-state index contributed by atoms with van der Waals surface area (Å²) in [6.07, 6.45) is 3.70. The summed E-state index contributed by atoms with van der Waals surface area (Å²) in [5, 5.41) is 12.0. The Morgan fingerprint density at radius 3 is 2.64 bits per heavy atom. The van der Waals surface area contributed by atoms with Gasteiger partial charge in [-0.15, -0.1) is 0 Å². The molecule has 2 aromatic rings. The molecule has 2 heterocycles. The predicted molar refractivity (Wildman–Crippen MR) is 111 cm³/mol. The zero-order chi connectivity index (χ0) is 20.7. The summed E-state index contributed by atoms with van der Waals surface area (Å²) in [6.45, 7) is 12.9. The van der Waals surface area contributed by atoms with Gasteiger partial charge in [0.15, 0.2) is 11.8 Å². The summed E-state index contributed by atoms with van der Waals surface area (Å²) in [5.74, 6) is 3.04. The molecule has 8 heteroatoms. The normalized spacial score (nSPS) is 12.2. The van der Waals surface area contributed by atoms with Gasteiger partial charge in [-0.2, -0.15) is 10.1 Å². The van der Waals surface area contributed by atoms with Gasteiger partial charge in [0, 0.05) is 57.8 Å². The summed E-state index contributed by atoms with van der Waals surface area (Å²) < 4.78 is 7.19. The maximum atomic E-state index is 5.30. The Kier molecular flexibility index (Phi) is 8.02. The number of hydrogen-bond donors (Lipinski definition) is 1. The van der Waals surface area contributed by atoms with Crippen LogP contribution in [-0.4, -0.2) is 50.9 Å². The highest BCUT2D eigenvalue weighted by Crippen LogP contribution is 2.18. The van der Waals surface area contributed by atoms with E-state index in [0.29, 0.717) is 18.4 Å². The highest BCUT2D eigenvalue weighted by Gasteiger charge is 2.15. The van der Waals surface area contributed by atoms with Crippen LogP contribution in [0.15, 0.2) is 15.7 Å². The van der Waals surface area contributed by atoms with Crippen molar-refractivity contribution in [3.8, 4) is 0 Å². The van der Waals surface area contributed by atoms with Crippen LogP contribution in [0.4, 0.5) is 0 Å². The van der Waals surface area contributed by atoms with Crippen molar-refractivity contribution in [3.63, 3.8) is 0 Å². The van der Waals surface area contributed by atoms with Gasteiger partial charge in [-0.05, 0) is 19.3 Å². The SMILES string of the molecule is CCNC(=NCCCc1nc(C(C)C)no1)N(C)Cc1cn(C)nc1C(C)C. The van der Waals surface area contributed by atoms with Crippen LogP contribution in [0, 0.1) is 0 Å². The van der Waals surface area contributed by atoms with Gasteiger partial charge in [0.2, 0.25) is 5.89 Å². The first-order valence-corrected chi connectivity index (χ1v) is 10.2. The first kappa shape index (κ1) is 21.9. The lowest BCUT2D eigenvalue weighted by Crippen LogP contribution is -2.38. The van der Waals surface area contributed by atoms with Gasteiger partial charge in [0.25, 0.3) is 0 Å². The summed E-state index contributed by atoms with van der Waals surface area (Å²) in [6, 6.07) is 0. The molecule has 0 saturated heterocycles. The van der Waals surface area contributed by atoms with E-state index in [1.165, 1.54) is 5.56 Å². The number of aliphatic imine (C=N–C) groups is 1. The van der Waals surface area contributed by atoms with Gasteiger partial charge < -0.3 is 14.7 Å². The van der Waals surface area contributed by atoms with E-state index in [1.807, 2.05) is 11.7 Å². The molecule has 2 rings (SSSR count). The van der Waals surface area contributed by atoms with Gasteiger partial charge in [-0.25, -0.2) is 0 Å². The summed E-state index contributed by atoms with van der Waals surface area (Å²) in [5.41, 5.74) is 2.38. The van der Waals surface area contributed by atoms with E-state index in [-0.39, 0.29) is 5.92 Å². The van der Waals surface area contributed by atoms with Crippen molar-refractivity contribution >= 4 is 5.96 Å². The molecule has 1 N–H and O–H groups in total. The minimum Gasteiger partial charge on any atom is -0.357 e. The summed E-state index contributed by atoms with van der Waals surface area (Å²) >= 11 is 0. The van der Waals surface area contributed by atoms with Crippen LogP contribution >= 0.6 is 0 Å². The van der Waals surface area contributed by atoms with Crippen LogP contribution in [0.2, 0.25) is 0 Å². The lowest BCUT2D eigenvalue weighted by atomic mass is 10.1. The van der Waals surface area contributed by atoms with Gasteiger partial charge in [-0.3, -0.25) is 9.67 Å². The van der Waals surface area contributed by atoms with E-state index in [2.05, 4.69) is 73.3 Å². The fourth-order valence-corrected chi connectivity index (χ4v) is 2.98. The first-order chi connectivity index (χ1) is 13.3. The molecule has 0 bridgehead atoms. The average Bonchev–Trinajstić information content (AvgIpc) is 3.24. The second-order valence-electron chi connectivity index (χ2n) is 7.76. The Morgan fingerprint density at radius 1 is 1.29 bits per heavy atom. The second kappa shape index (κ2) is 10.2. The predicted octanol–water partition coefficient (Wildman–Crippen LogP) is 3.08. The van der Waals surface area contributed by atoms with Gasteiger partial charge in [0.1, 0.15) is 0 Å². The minimum absolute atomic E-state index is 0.285. The average molecular weight is 390 g/mol. The van der Waals surface area contributed by atoms with E-state index in [9.17, 15) is 0 Å². The van der Waals surface area contributed by atoms with Gasteiger partial charge in [0.05, 0.1) is 5.69 Å². The number of hydrogen-bond acceptors (Lipinski definition) is 5. The molecule has 0 aromatic carbocycles. The Labute approximate surface area is 168 Å². The zero-order valence-corrected chi connectivity index (χ0v) is 18.4. The number of rotatable bonds is 9. The summed E-state index contributed by atoms with van der Waals surface area (Å²) in [7, 11) is 4.03. The largest absolute Gasteiger partial charge is 0.357 e. The molecule has 0 radical (unpaired) electrons. The third kappa shape index (κ3) is 6.07. The maximum absolute atomic E-state index is 5.30. The van der Waals surface area contributed by atoms with Crippen LogP contribution < -0.4 is 5.32 Å². The molecule has 0 aliphatic heterocycles. The highest BCUT2D eigenvalue weighted by molar-refractivity contribution is 5.79. The molecule has 0 atom stereocenters. The van der Waals surface area contributed by atoms with Crippen molar-refractivity contribution in [2.45, 2.75) is 65.8 Å². The molecule has 0 aliphatic rings. The molecule has 0 spiro atoms. The Balaban J connectivity index is 1.95. The Morgan fingerprint density at radius 2 is 2.04 bits per heavy atom. The van der Waals surface area contributed by atoms with E-state index >= 15 is 0 Å². The molecule has 2 aromatic heterocycles. The molecule has 0 saturated carbocycles. The smallest absolute Gasteiger partial charge is 0.226 e. The van der Waals surface area contributed by atoms with Crippen molar-refractivity contribution in [1.29, 1.82) is 0 Å². The van der Waals surface area contributed by atoms with Crippen LogP contribution in [0.5, 0.6) is 0 Å². The van der Waals surface area contributed by atoms with E-state index < -0.39 is 0 Å². The molecular formula is C20H35N7O.